The lowest BCUT2D eigenvalue weighted by Gasteiger charge is -2.20. The summed E-state index contributed by atoms with van der Waals surface area (Å²) >= 11 is 7.10. The fraction of sp³-hybridized carbons (Fsp3) is 0.0769. The van der Waals surface area contributed by atoms with Crippen LogP contribution in [0.15, 0.2) is 165 Å². The molecule has 1 aliphatic carbocycles. The van der Waals surface area contributed by atoms with Crippen LogP contribution in [0, 0.1) is 0 Å². The van der Waals surface area contributed by atoms with Crippen molar-refractivity contribution in [1.29, 1.82) is 0 Å². The molecular weight excluding hydrogens is 688 g/mol. The van der Waals surface area contributed by atoms with Crippen molar-refractivity contribution in [3.63, 3.8) is 0 Å². The van der Waals surface area contributed by atoms with Crippen molar-refractivity contribution in [1.82, 2.24) is 0 Å². The molecule has 4 aromatic carbocycles. The molecule has 0 bridgehead atoms. The molecule has 7 rings (SSSR count). The Morgan fingerprint density at radius 2 is 1.22 bits per heavy atom. The van der Waals surface area contributed by atoms with Gasteiger partial charge >= 0.3 is 0 Å². The molecule has 220 valence electrons. The molecule has 6 heteroatoms. The minimum Gasteiger partial charge on any atom is -0.497 e. The van der Waals surface area contributed by atoms with E-state index in [9.17, 15) is 0 Å². The van der Waals surface area contributed by atoms with Crippen LogP contribution in [0.3, 0.4) is 0 Å². The highest BCUT2D eigenvalue weighted by molar-refractivity contribution is 9.10. The summed E-state index contributed by atoms with van der Waals surface area (Å²) in [4.78, 5) is 0. The van der Waals surface area contributed by atoms with E-state index in [-0.39, 0.29) is 6.04 Å². The van der Waals surface area contributed by atoms with E-state index in [4.69, 9.17) is 14.6 Å². The van der Waals surface area contributed by atoms with Gasteiger partial charge in [-0.15, -0.1) is 0 Å². The molecule has 0 amide bonds. The molecule has 1 unspecified atom stereocenters. The van der Waals surface area contributed by atoms with Crippen molar-refractivity contribution < 1.29 is 14.2 Å². The lowest BCUT2D eigenvalue weighted by atomic mass is 9.96. The third kappa shape index (κ3) is 6.35. The second-order valence-electron chi connectivity index (χ2n) is 10.9. The van der Waals surface area contributed by atoms with Crippen LogP contribution in [0.5, 0.6) is 5.75 Å². The zero-order valence-corrected chi connectivity index (χ0v) is 27.7. The predicted molar refractivity (Wildman–Crippen MR) is 189 cm³/mol. The summed E-state index contributed by atoms with van der Waals surface area (Å²) in [6.07, 6.45) is 13.7. The van der Waals surface area contributed by atoms with E-state index in [1.807, 2.05) is 36.4 Å². The second kappa shape index (κ2) is 12.8. The third-order valence-electron chi connectivity index (χ3n) is 8.03. The summed E-state index contributed by atoms with van der Waals surface area (Å²) < 4.78 is 16.0. The van der Waals surface area contributed by atoms with E-state index in [0.717, 1.165) is 71.9 Å². The maximum absolute atomic E-state index is 6.46. The molecule has 0 saturated carbocycles. The smallest absolute Gasteiger partial charge is 0.232 e. The molecule has 2 heterocycles. The Morgan fingerprint density at radius 3 is 1.78 bits per heavy atom. The molecule has 2 aliphatic heterocycles. The summed E-state index contributed by atoms with van der Waals surface area (Å²) in [5.41, 5.74) is 8.63. The van der Waals surface area contributed by atoms with Gasteiger partial charge in [0.2, 0.25) is 11.8 Å². The van der Waals surface area contributed by atoms with Crippen LogP contribution in [0.2, 0.25) is 0 Å². The topological polar surface area (TPSA) is 33.8 Å². The first kappa shape index (κ1) is 29.2. The SMILES string of the molecule is COc1ccc(C2=N[N+](=C3C=CC(=C4C=C(c5ccc(Br)cc5)OC(c5ccc(Br)cc5)=C4)C=C3)C(c3ccccc3)C2)cc1. The van der Waals surface area contributed by atoms with Crippen LogP contribution in [0.4, 0.5) is 0 Å². The number of ether oxygens (including phenoxy) is 2. The van der Waals surface area contributed by atoms with Crippen molar-refractivity contribution in [2.75, 3.05) is 7.11 Å². The van der Waals surface area contributed by atoms with E-state index in [2.05, 4.69) is 140 Å². The number of nitrogens with zero attached hydrogens (tertiary/aromatic N) is 2. The zero-order chi connectivity index (χ0) is 30.8. The fourth-order valence-electron chi connectivity index (χ4n) is 5.63. The molecule has 3 aliphatic rings. The van der Waals surface area contributed by atoms with E-state index in [1.165, 1.54) is 5.56 Å². The normalized spacial score (nSPS) is 17.6. The molecule has 0 N–H and O–H groups in total. The Hall–Kier alpha value is -4.52. The summed E-state index contributed by atoms with van der Waals surface area (Å²) in [6.45, 7) is 0. The van der Waals surface area contributed by atoms with Crippen LogP contribution in [-0.4, -0.2) is 23.2 Å². The highest BCUT2D eigenvalue weighted by Crippen LogP contribution is 2.36. The van der Waals surface area contributed by atoms with Gasteiger partial charge in [0.1, 0.15) is 23.0 Å². The Balaban J connectivity index is 1.28. The molecule has 0 saturated heterocycles. The second-order valence-corrected chi connectivity index (χ2v) is 12.7. The average molecular weight is 717 g/mol. The van der Waals surface area contributed by atoms with Gasteiger partial charge in [0.25, 0.3) is 0 Å². The van der Waals surface area contributed by atoms with Gasteiger partial charge in [-0.3, -0.25) is 0 Å². The maximum Gasteiger partial charge on any atom is 0.232 e. The number of halogens is 2. The number of allylic oxidation sites excluding steroid dienone is 8. The van der Waals surface area contributed by atoms with Crippen molar-refractivity contribution in [2.45, 2.75) is 12.5 Å². The van der Waals surface area contributed by atoms with Crippen LogP contribution in [0.25, 0.3) is 11.5 Å². The molecule has 0 spiro atoms. The van der Waals surface area contributed by atoms with Crippen molar-refractivity contribution >= 4 is 54.8 Å². The quantitative estimate of drug-likeness (QED) is 0.193. The highest BCUT2D eigenvalue weighted by atomic mass is 79.9. The molecular formula is C39H29Br2N2O2+. The minimum absolute atomic E-state index is 0.0951. The number of benzene rings is 4. The summed E-state index contributed by atoms with van der Waals surface area (Å²) in [6, 6.07) is 35.2. The minimum atomic E-state index is 0.0951. The highest BCUT2D eigenvalue weighted by Gasteiger charge is 2.36. The fourth-order valence-corrected chi connectivity index (χ4v) is 6.16. The van der Waals surface area contributed by atoms with E-state index in [1.54, 1.807) is 7.11 Å². The Bertz CT molecular complexity index is 1880. The maximum atomic E-state index is 6.46. The predicted octanol–water partition coefficient (Wildman–Crippen LogP) is 10.1. The first-order chi connectivity index (χ1) is 22.0. The molecule has 4 nitrogen and oxygen atoms in total. The molecule has 0 radical (unpaired) electrons. The first-order valence-electron chi connectivity index (χ1n) is 14.7. The molecule has 45 heavy (non-hydrogen) atoms. The summed E-state index contributed by atoms with van der Waals surface area (Å²) in [5, 5.41) is 5.15. The monoisotopic (exact) mass is 715 g/mol. The van der Waals surface area contributed by atoms with Crippen molar-refractivity contribution in [3.8, 4) is 5.75 Å². The van der Waals surface area contributed by atoms with Gasteiger partial charge < -0.3 is 9.47 Å². The van der Waals surface area contributed by atoms with Gasteiger partial charge in [-0.05, 0) is 89.1 Å². The first-order valence-corrected chi connectivity index (χ1v) is 16.3. The molecule has 0 aromatic heterocycles. The van der Waals surface area contributed by atoms with Gasteiger partial charge in [-0.25, -0.2) is 0 Å². The lowest BCUT2D eigenvalue weighted by Crippen LogP contribution is -2.17. The van der Waals surface area contributed by atoms with Gasteiger partial charge in [-0.2, -0.15) is 0 Å². The Labute approximate surface area is 280 Å². The number of hydrazone groups is 1. The van der Waals surface area contributed by atoms with Crippen LogP contribution < -0.4 is 4.74 Å². The molecule has 0 fully saturated rings. The standard InChI is InChI=1S/C39H29Br2N2O2/c1-44-35-21-13-27(14-22-35)36-25-37(28-5-3-2-4-6-28)43(42-36)34-19-11-26(12-20-34)31-23-38(29-7-15-32(40)16-8-29)45-39(24-31)30-9-17-33(41)18-10-30/h2-24,37H,25H2,1H3/q+1. The largest absolute Gasteiger partial charge is 0.497 e. The van der Waals surface area contributed by atoms with Crippen molar-refractivity contribution in [3.05, 3.63) is 182 Å². The molecule has 4 aromatic rings. The van der Waals surface area contributed by atoms with Crippen LogP contribution in [-0.2, 0) is 4.74 Å². The van der Waals surface area contributed by atoms with Crippen LogP contribution in [0.1, 0.15) is 34.7 Å². The van der Waals surface area contributed by atoms with E-state index < -0.39 is 0 Å². The molecule has 1 atom stereocenters. The average Bonchev–Trinajstić information content (AvgIpc) is 3.55. The van der Waals surface area contributed by atoms with Gasteiger partial charge in [-0.1, -0.05) is 91.1 Å². The Morgan fingerprint density at radius 1 is 0.667 bits per heavy atom. The zero-order valence-electron chi connectivity index (χ0n) is 24.5. The third-order valence-corrected chi connectivity index (χ3v) is 9.09. The summed E-state index contributed by atoms with van der Waals surface area (Å²) in [7, 11) is 1.69. The summed E-state index contributed by atoms with van der Waals surface area (Å²) in [5.74, 6) is 2.45. The van der Waals surface area contributed by atoms with Gasteiger partial charge in [0, 0.05) is 43.4 Å². The number of methoxy groups -OCH3 is 1. The van der Waals surface area contributed by atoms with E-state index in [0.29, 0.717) is 0 Å². The Kier molecular flexibility index (Phi) is 8.33. The van der Waals surface area contributed by atoms with Crippen molar-refractivity contribution in [2.24, 2.45) is 5.10 Å². The van der Waals surface area contributed by atoms with Crippen LogP contribution >= 0.6 is 31.9 Å². The lowest BCUT2D eigenvalue weighted by molar-refractivity contribution is -0.566. The number of hydrogen-bond donors (Lipinski definition) is 0. The number of rotatable bonds is 5. The number of hydrogen-bond acceptors (Lipinski definition) is 3. The van der Waals surface area contributed by atoms with E-state index >= 15 is 0 Å². The van der Waals surface area contributed by atoms with Gasteiger partial charge in [0.05, 0.1) is 13.5 Å². The van der Waals surface area contributed by atoms with Gasteiger partial charge in [0.15, 0.2) is 0 Å².